The lowest BCUT2D eigenvalue weighted by molar-refractivity contribution is 0.0688. The van der Waals surface area contributed by atoms with Gasteiger partial charge in [0.2, 0.25) is 0 Å². The molecule has 2 N–H and O–H groups in total. The number of hydrogen-bond acceptors (Lipinski definition) is 5. The number of hydrogen-bond donors (Lipinski definition) is 2. The van der Waals surface area contributed by atoms with Crippen molar-refractivity contribution in [3.8, 4) is 0 Å². The Labute approximate surface area is 108 Å². The van der Waals surface area contributed by atoms with Crippen molar-refractivity contribution in [2.75, 3.05) is 7.05 Å². The highest BCUT2D eigenvalue weighted by molar-refractivity contribution is 7.09. The standard InChI is InChI=1S/C11H14N4O2S/c1-7(10-12-3-4-18-10)15(2)6-8-5-13-14-9(8)11(16)17/h3-5,7H,6H2,1-2H3,(H,13,14)(H,16,17). The minimum Gasteiger partial charge on any atom is -0.477 e. The molecule has 2 heterocycles. The van der Waals surface area contributed by atoms with E-state index in [9.17, 15) is 4.79 Å². The summed E-state index contributed by atoms with van der Waals surface area (Å²) in [6, 6.07) is 0.140. The molecule has 2 aromatic rings. The molecule has 0 fully saturated rings. The van der Waals surface area contributed by atoms with Crippen LogP contribution in [-0.4, -0.2) is 38.2 Å². The first-order valence-electron chi connectivity index (χ1n) is 5.44. The lowest BCUT2D eigenvalue weighted by atomic mass is 10.2. The van der Waals surface area contributed by atoms with E-state index in [0.717, 1.165) is 5.01 Å². The molecule has 0 aliphatic rings. The zero-order valence-corrected chi connectivity index (χ0v) is 10.9. The number of nitrogens with one attached hydrogen (secondary N) is 1. The second-order valence-electron chi connectivity index (χ2n) is 4.04. The number of thiazole rings is 1. The lowest BCUT2D eigenvalue weighted by Crippen LogP contribution is -2.22. The molecule has 1 unspecified atom stereocenters. The van der Waals surface area contributed by atoms with Gasteiger partial charge in [-0.15, -0.1) is 11.3 Å². The molecule has 0 radical (unpaired) electrons. The monoisotopic (exact) mass is 266 g/mol. The van der Waals surface area contributed by atoms with Crippen LogP contribution in [0.15, 0.2) is 17.8 Å². The van der Waals surface area contributed by atoms with Crippen molar-refractivity contribution >= 4 is 17.3 Å². The van der Waals surface area contributed by atoms with E-state index in [2.05, 4.69) is 15.2 Å². The predicted octanol–water partition coefficient (Wildman–Crippen LogP) is 1.76. The Morgan fingerprint density at radius 2 is 2.44 bits per heavy atom. The number of rotatable bonds is 5. The van der Waals surface area contributed by atoms with Gasteiger partial charge in [-0.1, -0.05) is 0 Å². The average Bonchev–Trinajstić information content (AvgIpc) is 2.98. The minimum absolute atomic E-state index is 0.140. The van der Waals surface area contributed by atoms with Gasteiger partial charge in [0.25, 0.3) is 0 Å². The third-order valence-corrected chi connectivity index (χ3v) is 3.77. The number of aromatic nitrogens is 3. The van der Waals surface area contributed by atoms with Gasteiger partial charge in [0.05, 0.1) is 12.2 Å². The van der Waals surface area contributed by atoms with Crippen molar-refractivity contribution < 1.29 is 9.90 Å². The summed E-state index contributed by atoms with van der Waals surface area (Å²) in [6.07, 6.45) is 3.32. The van der Waals surface area contributed by atoms with Gasteiger partial charge >= 0.3 is 5.97 Å². The van der Waals surface area contributed by atoms with Crippen LogP contribution in [0, 0.1) is 0 Å². The maximum atomic E-state index is 11.0. The number of carbonyl (C=O) groups is 1. The predicted molar refractivity (Wildman–Crippen MR) is 67.5 cm³/mol. The molecule has 0 aliphatic heterocycles. The van der Waals surface area contributed by atoms with Crippen LogP contribution in [0.2, 0.25) is 0 Å². The summed E-state index contributed by atoms with van der Waals surface area (Å²) >= 11 is 1.59. The van der Waals surface area contributed by atoms with E-state index in [4.69, 9.17) is 5.11 Å². The van der Waals surface area contributed by atoms with E-state index in [1.807, 2.05) is 24.3 Å². The molecule has 7 heteroatoms. The van der Waals surface area contributed by atoms with Crippen LogP contribution in [-0.2, 0) is 6.54 Å². The third kappa shape index (κ3) is 2.57. The van der Waals surface area contributed by atoms with Gasteiger partial charge in [0, 0.05) is 23.7 Å². The fourth-order valence-electron chi connectivity index (χ4n) is 1.65. The quantitative estimate of drug-likeness (QED) is 0.861. The molecule has 1 atom stereocenters. The minimum atomic E-state index is -0.988. The third-order valence-electron chi connectivity index (χ3n) is 2.82. The highest BCUT2D eigenvalue weighted by Crippen LogP contribution is 2.22. The highest BCUT2D eigenvalue weighted by Gasteiger charge is 2.18. The van der Waals surface area contributed by atoms with Gasteiger partial charge < -0.3 is 5.11 Å². The smallest absolute Gasteiger partial charge is 0.354 e. The van der Waals surface area contributed by atoms with Crippen LogP contribution in [0.5, 0.6) is 0 Å². The van der Waals surface area contributed by atoms with Crippen molar-refractivity contribution in [3.63, 3.8) is 0 Å². The molecule has 18 heavy (non-hydrogen) atoms. The molecule has 2 rings (SSSR count). The molecule has 0 aliphatic carbocycles. The zero-order valence-electron chi connectivity index (χ0n) is 10.1. The summed E-state index contributed by atoms with van der Waals surface area (Å²) in [5.41, 5.74) is 0.821. The number of nitrogens with zero attached hydrogens (tertiary/aromatic N) is 3. The Morgan fingerprint density at radius 1 is 1.67 bits per heavy atom. The molecule has 0 bridgehead atoms. The second-order valence-corrected chi connectivity index (χ2v) is 4.96. The first kappa shape index (κ1) is 12.7. The molecule has 2 aromatic heterocycles. The molecule has 0 aromatic carbocycles. The maximum Gasteiger partial charge on any atom is 0.354 e. The van der Waals surface area contributed by atoms with Crippen molar-refractivity contribution in [2.45, 2.75) is 19.5 Å². The van der Waals surface area contributed by atoms with E-state index < -0.39 is 5.97 Å². The summed E-state index contributed by atoms with van der Waals surface area (Å²) < 4.78 is 0. The number of aromatic amines is 1. The van der Waals surface area contributed by atoms with E-state index in [-0.39, 0.29) is 11.7 Å². The van der Waals surface area contributed by atoms with E-state index in [1.54, 1.807) is 23.7 Å². The molecule has 6 nitrogen and oxygen atoms in total. The zero-order chi connectivity index (χ0) is 13.1. The fraction of sp³-hybridized carbons (Fsp3) is 0.364. The number of aromatic carboxylic acids is 1. The van der Waals surface area contributed by atoms with Crippen molar-refractivity contribution in [3.05, 3.63) is 34.0 Å². The van der Waals surface area contributed by atoms with Gasteiger partial charge in [-0.25, -0.2) is 9.78 Å². The Kier molecular flexibility index (Phi) is 3.73. The lowest BCUT2D eigenvalue weighted by Gasteiger charge is -2.22. The van der Waals surface area contributed by atoms with Crippen LogP contribution >= 0.6 is 11.3 Å². The van der Waals surface area contributed by atoms with Crippen LogP contribution in [0.25, 0.3) is 0 Å². The second kappa shape index (κ2) is 5.28. The first-order valence-corrected chi connectivity index (χ1v) is 6.32. The Hall–Kier alpha value is -1.73. The maximum absolute atomic E-state index is 11.0. The molecule has 0 saturated heterocycles. The summed E-state index contributed by atoms with van der Waals surface area (Å²) in [5.74, 6) is -0.988. The largest absolute Gasteiger partial charge is 0.477 e. The molecule has 0 amide bonds. The van der Waals surface area contributed by atoms with Gasteiger partial charge in [0.1, 0.15) is 10.7 Å². The van der Waals surface area contributed by atoms with Crippen molar-refractivity contribution in [1.29, 1.82) is 0 Å². The number of H-pyrrole nitrogens is 1. The summed E-state index contributed by atoms with van der Waals surface area (Å²) in [4.78, 5) is 17.3. The molecule has 96 valence electrons. The van der Waals surface area contributed by atoms with E-state index >= 15 is 0 Å². The number of carboxylic acid groups (broad SMARTS) is 1. The van der Waals surface area contributed by atoms with Crippen molar-refractivity contribution in [1.82, 2.24) is 20.1 Å². The van der Waals surface area contributed by atoms with Gasteiger partial charge in [0.15, 0.2) is 0 Å². The summed E-state index contributed by atoms with van der Waals surface area (Å²) in [6.45, 7) is 2.55. The van der Waals surface area contributed by atoms with Crippen LogP contribution in [0.1, 0.15) is 34.0 Å². The van der Waals surface area contributed by atoms with Gasteiger partial charge in [-0.05, 0) is 14.0 Å². The Balaban J connectivity index is 2.09. The molecular weight excluding hydrogens is 252 g/mol. The SMILES string of the molecule is CC(c1nccs1)N(C)Cc1cn[nH]c1C(=O)O. The first-order chi connectivity index (χ1) is 8.59. The van der Waals surface area contributed by atoms with Crippen LogP contribution in [0.3, 0.4) is 0 Å². The van der Waals surface area contributed by atoms with Gasteiger partial charge in [-0.3, -0.25) is 10.00 Å². The normalized spacial score (nSPS) is 12.8. The van der Waals surface area contributed by atoms with Crippen LogP contribution in [0.4, 0.5) is 0 Å². The van der Waals surface area contributed by atoms with Crippen LogP contribution < -0.4 is 0 Å². The van der Waals surface area contributed by atoms with Crippen molar-refractivity contribution in [2.24, 2.45) is 0 Å². The topological polar surface area (TPSA) is 82.1 Å². The Morgan fingerprint density at radius 3 is 3.06 bits per heavy atom. The average molecular weight is 266 g/mol. The fourth-order valence-corrected chi connectivity index (χ4v) is 2.41. The molecule has 0 saturated carbocycles. The Bertz CT molecular complexity index is 523. The summed E-state index contributed by atoms with van der Waals surface area (Å²) in [5, 5.41) is 18.2. The van der Waals surface area contributed by atoms with Gasteiger partial charge in [-0.2, -0.15) is 5.10 Å². The van der Waals surface area contributed by atoms with E-state index in [0.29, 0.717) is 12.1 Å². The highest BCUT2D eigenvalue weighted by atomic mass is 32.1. The molecule has 0 spiro atoms. The van der Waals surface area contributed by atoms with E-state index in [1.165, 1.54) is 0 Å². The molecular formula is C11H14N4O2S. The number of carboxylic acids is 1. The summed E-state index contributed by atoms with van der Waals surface area (Å²) in [7, 11) is 1.94.